The molecule has 0 N–H and O–H groups in total. The number of hydrogen-bond donors (Lipinski definition) is 0. The highest BCUT2D eigenvalue weighted by atomic mass is 19.1. The molecule has 0 atom stereocenters. The molecule has 26 heavy (non-hydrogen) atoms. The fourth-order valence-corrected chi connectivity index (χ4v) is 2.52. The van der Waals surface area contributed by atoms with Crippen LogP contribution in [0.25, 0.3) is 11.1 Å². The summed E-state index contributed by atoms with van der Waals surface area (Å²) in [5, 5.41) is 11.1. The van der Waals surface area contributed by atoms with Crippen molar-refractivity contribution in [3.8, 4) is 22.6 Å². The van der Waals surface area contributed by atoms with Crippen LogP contribution >= 0.6 is 0 Å². The van der Waals surface area contributed by atoms with Crippen LogP contribution < -0.4 is 9.47 Å². The van der Waals surface area contributed by atoms with Gasteiger partial charge in [-0.3, -0.25) is 10.1 Å². The van der Waals surface area contributed by atoms with Gasteiger partial charge in [0.1, 0.15) is 23.9 Å². The van der Waals surface area contributed by atoms with E-state index in [1.54, 1.807) is 49.6 Å². The average Bonchev–Trinajstić information content (AvgIpc) is 2.67. The average molecular weight is 353 g/mol. The zero-order valence-corrected chi connectivity index (χ0v) is 14.0. The number of nitro groups is 1. The molecule has 0 fully saturated rings. The van der Waals surface area contributed by atoms with Crippen LogP contribution in [0.4, 0.5) is 10.1 Å². The number of non-ortho nitro benzene ring substituents is 1. The molecule has 132 valence electrons. The van der Waals surface area contributed by atoms with E-state index in [2.05, 4.69) is 0 Å². The van der Waals surface area contributed by atoms with Gasteiger partial charge in [-0.2, -0.15) is 0 Å². The van der Waals surface area contributed by atoms with E-state index in [-0.39, 0.29) is 18.1 Å². The van der Waals surface area contributed by atoms with Crippen LogP contribution in [-0.2, 0) is 6.61 Å². The SMILES string of the molecule is COc1ccc(-c2cc([N+](=O)[O-])ccc2OCc2ccccc2F)cc1. The second-order valence-corrected chi connectivity index (χ2v) is 5.55. The Morgan fingerprint density at radius 2 is 1.77 bits per heavy atom. The highest BCUT2D eigenvalue weighted by Gasteiger charge is 2.14. The maximum absolute atomic E-state index is 13.8. The molecule has 0 spiro atoms. The topological polar surface area (TPSA) is 61.6 Å². The first kappa shape index (κ1) is 17.4. The summed E-state index contributed by atoms with van der Waals surface area (Å²) in [5.41, 5.74) is 1.65. The molecular formula is C20H16FNO4. The van der Waals surface area contributed by atoms with Gasteiger partial charge in [-0.25, -0.2) is 4.39 Å². The molecule has 0 saturated carbocycles. The predicted octanol–water partition coefficient (Wildman–Crippen LogP) is 4.99. The predicted molar refractivity (Wildman–Crippen MR) is 95.8 cm³/mol. The minimum absolute atomic E-state index is 0.0215. The molecular weight excluding hydrogens is 337 g/mol. The van der Waals surface area contributed by atoms with Crippen molar-refractivity contribution < 1.29 is 18.8 Å². The van der Waals surface area contributed by atoms with Crippen molar-refractivity contribution in [2.45, 2.75) is 6.61 Å². The quantitative estimate of drug-likeness (QED) is 0.463. The standard InChI is InChI=1S/C20H16FNO4/c1-25-17-9-6-14(7-10-17)18-12-16(22(23)24)8-11-20(18)26-13-15-4-2-3-5-19(15)21/h2-12H,13H2,1H3. The lowest BCUT2D eigenvalue weighted by atomic mass is 10.0. The lowest BCUT2D eigenvalue weighted by Gasteiger charge is -2.12. The van der Waals surface area contributed by atoms with Crippen LogP contribution in [-0.4, -0.2) is 12.0 Å². The number of nitrogens with zero attached hydrogens (tertiary/aromatic N) is 1. The summed E-state index contributed by atoms with van der Waals surface area (Å²) in [5.74, 6) is 0.748. The van der Waals surface area contributed by atoms with E-state index < -0.39 is 4.92 Å². The van der Waals surface area contributed by atoms with Crippen molar-refractivity contribution in [3.05, 3.63) is 88.2 Å². The van der Waals surface area contributed by atoms with Crippen LogP contribution in [0.5, 0.6) is 11.5 Å². The van der Waals surface area contributed by atoms with Crippen molar-refractivity contribution in [1.82, 2.24) is 0 Å². The van der Waals surface area contributed by atoms with Gasteiger partial charge in [-0.1, -0.05) is 30.3 Å². The van der Waals surface area contributed by atoms with E-state index in [4.69, 9.17) is 9.47 Å². The first-order chi connectivity index (χ1) is 12.6. The van der Waals surface area contributed by atoms with Gasteiger partial charge in [0.15, 0.2) is 0 Å². The third kappa shape index (κ3) is 3.80. The van der Waals surface area contributed by atoms with Gasteiger partial charge in [-0.05, 0) is 29.8 Å². The number of benzene rings is 3. The summed E-state index contributed by atoms with van der Waals surface area (Å²) < 4.78 is 24.7. The minimum atomic E-state index is -0.465. The summed E-state index contributed by atoms with van der Waals surface area (Å²) >= 11 is 0. The summed E-state index contributed by atoms with van der Waals surface area (Å²) in [4.78, 5) is 10.7. The largest absolute Gasteiger partial charge is 0.497 e. The lowest BCUT2D eigenvalue weighted by Crippen LogP contribution is -2.00. The van der Waals surface area contributed by atoms with Gasteiger partial charge in [0, 0.05) is 23.3 Å². The van der Waals surface area contributed by atoms with Crippen molar-refractivity contribution in [2.24, 2.45) is 0 Å². The van der Waals surface area contributed by atoms with Crippen molar-refractivity contribution in [1.29, 1.82) is 0 Å². The molecule has 0 aliphatic rings. The normalized spacial score (nSPS) is 10.4. The zero-order chi connectivity index (χ0) is 18.5. The van der Waals surface area contributed by atoms with Crippen LogP contribution in [0.2, 0.25) is 0 Å². The van der Waals surface area contributed by atoms with E-state index in [0.29, 0.717) is 22.6 Å². The maximum Gasteiger partial charge on any atom is 0.270 e. The molecule has 0 aliphatic heterocycles. The number of rotatable bonds is 6. The smallest absolute Gasteiger partial charge is 0.270 e. The molecule has 0 amide bonds. The number of methoxy groups -OCH3 is 1. The molecule has 0 aromatic heterocycles. The van der Waals surface area contributed by atoms with Crippen LogP contribution in [0.1, 0.15) is 5.56 Å². The summed E-state index contributed by atoms with van der Waals surface area (Å²) in [6.45, 7) is 0.0215. The Morgan fingerprint density at radius 1 is 1.04 bits per heavy atom. The molecule has 0 radical (unpaired) electrons. The first-order valence-corrected chi connectivity index (χ1v) is 7.87. The highest BCUT2D eigenvalue weighted by Crippen LogP contribution is 2.34. The number of ether oxygens (including phenoxy) is 2. The first-order valence-electron chi connectivity index (χ1n) is 7.87. The fraction of sp³-hybridized carbons (Fsp3) is 0.100. The van der Waals surface area contributed by atoms with E-state index in [9.17, 15) is 14.5 Å². The third-order valence-corrected chi connectivity index (χ3v) is 3.92. The molecule has 0 saturated heterocycles. The van der Waals surface area contributed by atoms with Gasteiger partial charge < -0.3 is 9.47 Å². The van der Waals surface area contributed by atoms with Crippen molar-refractivity contribution >= 4 is 5.69 Å². The summed E-state index contributed by atoms with van der Waals surface area (Å²) in [6, 6.07) is 17.7. The van der Waals surface area contributed by atoms with Gasteiger partial charge in [0.25, 0.3) is 5.69 Å². The van der Waals surface area contributed by atoms with E-state index in [0.717, 1.165) is 5.56 Å². The second-order valence-electron chi connectivity index (χ2n) is 5.55. The van der Waals surface area contributed by atoms with Gasteiger partial charge >= 0.3 is 0 Å². The Kier molecular flexibility index (Phi) is 5.12. The molecule has 3 rings (SSSR count). The molecule has 0 bridgehead atoms. The van der Waals surface area contributed by atoms with E-state index in [1.807, 2.05) is 0 Å². The van der Waals surface area contributed by atoms with E-state index in [1.165, 1.54) is 24.3 Å². The zero-order valence-electron chi connectivity index (χ0n) is 14.0. The Balaban J connectivity index is 1.95. The molecule has 3 aromatic carbocycles. The van der Waals surface area contributed by atoms with Crippen LogP contribution in [0.15, 0.2) is 66.7 Å². The van der Waals surface area contributed by atoms with Gasteiger partial charge in [0.2, 0.25) is 0 Å². The molecule has 3 aromatic rings. The number of nitro benzene ring substituents is 1. The monoisotopic (exact) mass is 353 g/mol. The molecule has 5 nitrogen and oxygen atoms in total. The minimum Gasteiger partial charge on any atom is -0.497 e. The molecule has 0 heterocycles. The Labute approximate surface area is 149 Å². The van der Waals surface area contributed by atoms with E-state index >= 15 is 0 Å². The van der Waals surface area contributed by atoms with Crippen molar-refractivity contribution in [2.75, 3.05) is 7.11 Å². The second kappa shape index (κ2) is 7.65. The number of halogens is 1. The highest BCUT2D eigenvalue weighted by molar-refractivity contribution is 5.73. The Morgan fingerprint density at radius 3 is 2.42 bits per heavy atom. The maximum atomic E-state index is 13.8. The fourth-order valence-electron chi connectivity index (χ4n) is 2.52. The van der Waals surface area contributed by atoms with Crippen molar-refractivity contribution in [3.63, 3.8) is 0 Å². The molecule has 6 heteroatoms. The Hall–Kier alpha value is -3.41. The summed E-state index contributed by atoms with van der Waals surface area (Å²) in [7, 11) is 1.56. The van der Waals surface area contributed by atoms with Gasteiger partial charge in [-0.15, -0.1) is 0 Å². The molecule has 0 unspecified atom stereocenters. The number of hydrogen-bond acceptors (Lipinski definition) is 4. The van der Waals surface area contributed by atoms with Gasteiger partial charge in [0.05, 0.1) is 12.0 Å². The van der Waals surface area contributed by atoms with Crippen LogP contribution in [0.3, 0.4) is 0 Å². The third-order valence-electron chi connectivity index (χ3n) is 3.92. The lowest BCUT2D eigenvalue weighted by molar-refractivity contribution is -0.384. The van der Waals surface area contributed by atoms with Crippen LogP contribution in [0, 0.1) is 15.9 Å². The Bertz CT molecular complexity index is 925. The molecule has 0 aliphatic carbocycles. The summed E-state index contributed by atoms with van der Waals surface area (Å²) in [6.07, 6.45) is 0.